The smallest absolute Gasteiger partial charge is 0.227 e. The van der Waals surface area contributed by atoms with E-state index in [0.717, 1.165) is 45.1 Å². The van der Waals surface area contributed by atoms with Gasteiger partial charge in [0, 0.05) is 44.2 Å². The van der Waals surface area contributed by atoms with Crippen molar-refractivity contribution in [3.63, 3.8) is 0 Å². The van der Waals surface area contributed by atoms with Crippen molar-refractivity contribution >= 4 is 23.2 Å². The number of hydrogen-bond donors (Lipinski definition) is 0. The number of ether oxygens (including phenoxy) is 1. The zero-order valence-electron chi connectivity index (χ0n) is 12.1. The van der Waals surface area contributed by atoms with E-state index in [0.29, 0.717) is 12.3 Å². The standard InChI is InChI=1S/C16H21ClN2O2/c17-10-14-9-16(20)19(12-14)15-3-1-13(2-4-15)11-18-5-7-21-8-6-18/h1-4,14H,5-12H2. The molecule has 1 unspecified atom stereocenters. The Morgan fingerprint density at radius 1 is 1.19 bits per heavy atom. The van der Waals surface area contributed by atoms with Gasteiger partial charge in [-0.2, -0.15) is 0 Å². The molecule has 2 saturated heterocycles. The second kappa shape index (κ2) is 6.77. The van der Waals surface area contributed by atoms with Crippen LogP contribution in [0.25, 0.3) is 0 Å². The summed E-state index contributed by atoms with van der Waals surface area (Å²) < 4.78 is 5.36. The van der Waals surface area contributed by atoms with Gasteiger partial charge in [0.15, 0.2) is 0 Å². The Morgan fingerprint density at radius 3 is 2.52 bits per heavy atom. The lowest BCUT2D eigenvalue weighted by molar-refractivity contribution is -0.117. The maximum absolute atomic E-state index is 12.0. The number of benzene rings is 1. The Morgan fingerprint density at radius 2 is 1.90 bits per heavy atom. The van der Waals surface area contributed by atoms with Crippen molar-refractivity contribution in [2.45, 2.75) is 13.0 Å². The third-order valence-electron chi connectivity index (χ3n) is 4.18. The van der Waals surface area contributed by atoms with E-state index in [4.69, 9.17) is 16.3 Å². The number of anilines is 1. The number of hydrogen-bond acceptors (Lipinski definition) is 3. The SMILES string of the molecule is O=C1CC(CCl)CN1c1ccc(CN2CCOCC2)cc1. The molecule has 0 saturated carbocycles. The first-order valence-electron chi connectivity index (χ1n) is 7.51. The van der Waals surface area contributed by atoms with E-state index in [-0.39, 0.29) is 11.8 Å². The number of carbonyl (C=O) groups excluding carboxylic acids is 1. The molecular formula is C16H21ClN2O2. The van der Waals surface area contributed by atoms with E-state index < -0.39 is 0 Å². The first-order chi connectivity index (χ1) is 10.3. The minimum Gasteiger partial charge on any atom is -0.379 e. The highest BCUT2D eigenvalue weighted by molar-refractivity contribution is 6.18. The van der Waals surface area contributed by atoms with Crippen molar-refractivity contribution in [2.75, 3.05) is 43.6 Å². The number of halogens is 1. The molecule has 0 spiro atoms. The van der Waals surface area contributed by atoms with Gasteiger partial charge < -0.3 is 9.64 Å². The second-order valence-corrected chi connectivity index (χ2v) is 6.09. The van der Waals surface area contributed by atoms with E-state index in [2.05, 4.69) is 17.0 Å². The molecule has 1 atom stereocenters. The van der Waals surface area contributed by atoms with Crippen LogP contribution in [0.5, 0.6) is 0 Å². The minimum absolute atomic E-state index is 0.182. The van der Waals surface area contributed by atoms with E-state index in [9.17, 15) is 4.79 Å². The predicted octanol–water partition coefficient (Wildman–Crippen LogP) is 2.11. The van der Waals surface area contributed by atoms with Gasteiger partial charge in [-0.15, -0.1) is 11.6 Å². The molecule has 1 aromatic rings. The van der Waals surface area contributed by atoms with E-state index >= 15 is 0 Å². The summed E-state index contributed by atoms with van der Waals surface area (Å²) in [7, 11) is 0. The molecule has 4 nitrogen and oxygen atoms in total. The van der Waals surface area contributed by atoms with Gasteiger partial charge in [-0.25, -0.2) is 0 Å². The van der Waals surface area contributed by atoms with Crippen molar-refractivity contribution in [1.29, 1.82) is 0 Å². The Bertz CT molecular complexity index is 486. The highest BCUT2D eigenvalue weighted by Crippen LogP contribution is 2.26. The number of alkyl halides is 1. The maximum atomic E-state index is 12.0. The highest BCUT2D eigenvalue weighted by Gasteiger charge is 2.29. The average Bonchev–Trinajstić information content (AvgIpc) is 2.90. The summed E-state index contributed by atoms with van der Waals surface area (Å²) in [5.74, 6) is 1.02. The molecule has 2 heterocycles. The van der Waals surface area contributed by atoms with Gasteiger partial charge in [0.25, 0.3) is 0 Å². The lowest BCUT2D eigenvalue weighted by atomic mass is 10.1. The lowest BCUT2D eigenvalue weighted by Crippen LogP contribution is -2.35. The lowest BCUT2D eigenvalue weighted by Gasteiger charge is -2.26. The molecule has 0 aromatic heterocycles. The van der Waals surface area contributed by atoms with E-state index in [1.54, 1.807) is 0 Å². The Kier molecular flexibility index (Phi) is 4.78. The molecule has 5 heteroatoms. The van der Waals surface area contributed by atoms with Crippen LogP contribution in [-0.4, -0.2) is 49.5 Å². The molecule has 0 N–H and O–H groups in total. The number of nitrogens with zero attached hydrogens (tertiary/aromatic N) is 2. The molecule has 1 amide bonds. The van der Waals surface area contributed by atoms with Gasteiger partial charge in [-0.1, -0.05) is 12.1 Å². The van der Waals surface area contributed by atoms with E-state index in [1.165, 1.54) is 5.56 Å². The van der Waals surface area contributed by atoms with E-state index in [1.807, 2.05) is 17.0 Å². The average molecular weight is 309 g/mol. The van der Waals surface area contributed by atoms with Crippen molar-refractivity contribution in [2.24, 2.45) is 5.92 Å². The van der Waals surface area contributed by atoms with Gasteiger partial charge in [0.05, 0.1) is 13.2 Å². The molecular weight excluding hydrogens is 288 g/mol. The van der Waals surface area contributed by atoms with Crippen LogP contribution in [0, 0.1) is 5.92 Å². The fourth-order valence-corrected chi connectivity index (χ4v) is 3.14. The molecule has 0 aliphatic carbocycles. The van der Waals surface area contributed by atoms with Gasteiger partial charge in [0.2, 0.25) is 5.91 Å². The normalized spacial score (nSPS) is 23.8. The molecule has 0 bridgehead atoms. The molecule has 0 radical (unpaired) electrons. The molecule has 2 fully saturated rings. The first-order valence-corrected chi connectivity index (χ1v) is 8.05. The molecule has 2 aliphatic heterocycles. The summed E-state index contributed by atoms with van der Waals surface area (Å²) in [6.07, 6.45) is 0.568. The summed E-state index contributed by atoms with van der Waals surface area (Å²) >= 11 is 5.86. The zero-order chi connectivity index (χ0) is 14.7. The molecule has 3 rings (SSSR count). The van der Waals surface area contributed by atoms with Crippen molar-refractivity contribution < 1.29 is 9.53 Å². The van der Waals surface area contributed by atoms with Crippen LogP contribution in [0.2, 0.25) is 0 Å². The zero-order valence-corrected chi connectivity index (χ0v) is 12.9. The maximum Gasteiger partial charge on any atom is 0.227 e. The first kappa shape index (κ1) is 14.8. The quantitative estimate of drug-likeness (QED) is 0.799. The summed E-state index contributed by atoms with van der Waals surface area (Å²) in [6.45, 7) is 5.31. The molecule has 21 heavy (non-hydrogen) atoms. The van der Waals surface area contributed by atoms with Crippen LogP contribution in [0.4, 0.5) is 5.69 Å². The van der Waals surface area contributed by atoms with Crippen LogP contribution in [0.15, 0.2) is 24.3 Å². The molecule has 1 aromatic carbocycles. The van der Waals surface area contributed by atoms with Gasteiger partial charge in [-0.05, 0) is 23.6 Å². The fourth-order valence-electron chi connectivity index (χ4n) is 2.93. The van der Waals surface area contributed by atoms with Gasteiger partial charge in [0.1, 0.15) is 0 Å². The largest absolute Gasteiger partial charge is 0.379 e. The number of amides is 1. The Balaban J connectivity index is 1.62. The summed E-state index contributed by atoms with van der Waals surface area (Å²) in [5.41, 5.74) is 2.26. The van der Waals surface area contributed by atoms with Crippen LogP contribution in [0.3, 0.4) is 0 Å². The van der Waals surface area contributed by atoms with Gasteiger partial charge >= 0.3 is 0 Å². The topological polar surface area (TPSA) is 32.8 Å². The summed E-state index contributed by atoms with van der Waals surface area (Å²) in [6, 6.07) is 8.33. The Hall–Kier alpha value is -1.10. The predicted molar refractivity (Wildman–Crippen MR) is 83.7 cm³/mol. The van der Waals surface area contributed by atoms with Crippen LogP contribution < -0.4 is 4.90 Å². The Labute approximate surface area is 130 Å². The van der Waals surface area contributed by atoms with Crippen LogP contribution in [0.1, 0.15) is 12.0 Å². The minimum atomic E-state index is 0.182. The van der Waals surface area contributed by atoms with Crippen LogP contribution in [-0.2, 0) is 16.1 Å². The van der Waals surface area contributed by atoms with Crippen molar-refractivity contribution in [3.8, 4) is 0 Å². The second-order valence-electron chi connectivity index (χ2n) is 5.78. The third-order valence-corrected chi connectivity index (χ3v) is 4.62. The molecule has 114 valence electrons. The summed E-state index contributed by atoms with van der Waals surface area (Å²) in [4.78, 5) is 16.2. The number of carbonyl (C=O) groups is 1. The number of rotatable bonds is 4. The summed E-state index contributed by atoms with van der Waals surface area (Å²) in [5, 5.41) is 0. The van der Waals surface area contributed by atoms with Crippen molar-refractivity contribution in [3.05, 3.63) is 29.8 Å². The molecule has 2 aliphatic rings. The van der Waals surface area contributed by atoms with Crippen molar-refractivity contribution in [1.82, 2.24) is 4.90 Å². The van der Waals surface area contributed by atoms with Gasteiger partial charge in [-0.3, -0.25) is 9.69 Å². The monoisotopic (exact) mass is 308 g/mol. The highest BCUT2D eigenvalue weighted by atomic mass is 35.5. The fraction of sp³-hybridized carbons (Fsp3) is 0.562. The van der Waals surface area contributed by atoms with Crippen LogP contribution >= 0.6 is 11.6 Å². The third kappa shape index (κ3) is 3.57. The number of morpholine rings is 1.